The topological polar surface area (TPSA) is 86.7 Å². The summed E-state index contributed by atoms with van der Waals surface area (Å²) >= 11 is 0. The van der Waals surface area contributed by atoms with E-state index in [9.17, 15) is 19.5 Å². The van der Waals surface area contributed by atoms with E-state index in [-0.39, 0.29) is 42.7 Å². The van der Waals surface area contributed by atoms with E-state index in [1.54, 1.807) is 4.90 Å². The van der Waals surface area contributed by atoms with Gasteiger partial charge in [0.05, 0.1) is 5.92 Å². The van der Waals surface area contributed by atoms with Crippen LogP contribution in [0, 0.1) is 17.8 Å². The van der Waals surface area contributed by atoms with Gasteiger partial charge < -0.3 is 15.3 Å². The molecule has 6 heteroatoms. The number of hydrogen-bond acceptors (Lipinski definition) is 3. The second-order valence-electron chi connectivity index (χ2n) is 7.62. The van der Waals surface area contributed by atoms with Crippen LogP contribution in [0.5, 0.6) is 0 Å². The molecular weight excluding hydrogens is 308 g/mol. The van der Waals surface area contributed by atoms with Crippen LogP contribution in [0.2, 0.25) is 0 Å². The summed E-state index contributed by atoms with van der Waals surface area (Å²) in [4.78, 5) is 37.6. The van der Waals surface area contributed by atoms with Gasteiger partial charge in [-0.1, -0.05) is 26.2 Å². The molecule has 6 nitrogen and oxygen atoms in total. The lowest BCUT2D eigenvalue weighted by Crippen LogP contribution is -2.48. The molecular formula is C18H30N2O4. The van der Waals surface area contributed by atoms with Gasteiger partial charge in [0.2, 0.25) is 11.8 Å². The Bertz CT molecular complexity index is 474. The second-order valence-corrected chi connectivity index (χ2v) is 7.62. The maximum absolute atomic E-state index is 12.5. The third-order valence-electron chi connectivity index (χ3n) is 5.21. The highest BCUT2D eigenvalue weighted by molar-refractivity contribution is 5.81. The van der Waals surface area contributed by atoms with E-state index in [2.05, 4.69) is 5.32 Å². The number of rotatable bonds is 5. The van der Waals surface area contributed by atoms with Crippen LogP contribution in [0.25, 0.3) is 0 Å². The normalized spacial score (nSPS) is 26.7. The molecule has 2 N–H and O–H groups in total. The Hall–Kier alpha value is -1.59. The average Bonchev–Trinajstić information content (AvgIpc) is 2.54. The van der Waals surface area contributed by atoms with Crippen molar-refractivity contribution in [2.24, 2.45) is 17.8 Å². The van der Waals surface area contributed by atoms with Crippen LogP contribution in [0.3, 0.4) is 0 Å². The SMILES string of the molecule is CC1CC(C(=O)O)CN(C(=O)CC(C)NC(=O)C2CCCCC2)C1. The molecule has 2 aliphatic rings. The van der Waals surface area contributed by atoms with Crippen LogP contribution >= 0.6 is 0 Å². The van der Waals surface area contributed by atoms with Crippen LogP contribution < -0.4 is 5.32 Å². The third-order valence-corrected chi connectivity index (χ3v) is 5.21. The first-order valence-corrected chi connectivity index (χ1v) is 9.17. The van der Waals surface area contributed by atoms with Crippen LogP contribution in [-0.2, 0) is 14.4 Å². The van der Waals surface area contributed by atoms with Gasteiger partial charge in [-0.3, -0.25) is 14.4 Å². The maximum atomic E-state index is 12.5. The third kappa shape index (κ3) is 5.21. The first kappa shape index (κ1) is 18.7. The molecule has 1 saturated heterocycles. The summed E-state index contributed by atoms with van der Waals surface area (Å²) in [5.74, 6) is -1.05. The standard InChI is InChI=1S/C18H30N2O4/c1-12-8-15(18(23)24)11-20(10-12)16(21)9-13(2)19-17(22)14-6-4-3-5-7-14/h12-15H,3-11H2,1-2H3,(H,19,22)(H,23,24). The summed E-state index contributed by atoms with van der Waals surface area (Å²) in [6, 6.07) is -0.215. The predicted molar refractivity (Wildman–Crippen MR) is 90.3 cm³/mol. The lowest BCUT2D eigenvalue weighted by Gasteiger charge is -2.35. The molecule has 1 heterocycles. The number of hydrogen-bond donors (Lipinski definition) is 2. The number of nitrogens with zero attached hydrogens (tertiary/aromatic N) is 1. The van der Waals surface area contributed by atoms with Gasteiger partial charge in [0.1, 0.15) is 0 Å². The molecule has 0 aromatic carbocycles. The van der Waals surface area contributed by atoms with E-state index in [1.165, 1.54) is 6.42 Å². The van der Waals surface area contributed by atoms with E-state index in [0.717, 1.165) is 25.7 Å². The Labute approximate surface area is 144 Å². The number of carbonyl (C=O) groups is 3. The number of aliphatic carboxylic acids is 1. The highest BCUT2D eigenvalue weighted by Crippen LogP contribution is 2.24. The van der Waals surface area contributed by atoms with Crippen molar-refractivity contribution in [2.45, 2.75) is 64.8 Å². The molecule has 136 valence electrons. The minimum absolute atomic E-state index is 0.0606. The molecule has 1 aliphatic carbocycles. The van der Waals surface area contributed by atoms with E-state index in [1.807, 2.05) is 13.8 Å². The van der Waals surface area contributed by atoms with Crippen molar-refractivity contribution in [3.05, 3.63) is 0 Å². The summed E-state index contributed by atoms with van der Waals surface area (Å²) in [5, 5.41) is 12.2. The monoisotopic (exact) mass is 338 g/mol. The first-order chi connectivity index (χ1) is 11.4. The number of carboxylic acid groups (broad SMARTS) is 1. The summed E-state index contributed by atoms with van der Waals surface area (Å²) < 4.78 is 0. The van der Waals surface area contributed by atoms with Crippen LogP contribution in [0.4, 0.5) is 0 Å². The Kier molecular flexibility index (Phi) is 6.63. The van der Waals surface area contributed by atoms with Crippen molar-refractivity contribution < 1.29 is 19.5 Å². The first-order valence-electron chi connectivity index (χ1n) is 9.17. The van der Waals surface area contributed by atoms with Gasteiger partial charge in [-0.25, -0.2) is 0 Å². The Morgan fingerprint density at radius 3 is 2.42 bits per heavy atom. The van der Waals surface area contributed by atoms with Crippen molar-refractivity contribution in [3.63, 3.8) is 0 Å². The lowest BCUT2D eigenvalue weighted by atomic mass is 9.88. The number of carbonyl (C=O) groups excluding carboxylic acids is 2. The molecule has 1 saturated carbocycles. The minimum Gasteiger partial charge on any atom is -0.481 e. The maximum Gasteiger partial charge on any atom is 0.308 e. The van der Waals surface area contributed by atoms with Crippen LogP contribution in [0.1, 0.15) is 58.8 Å². The van der Waals surface area contributed by atoms with Crippen molar-refractivity contribution in [1.82, 2.24) is 10.2 Å². The molecule has 0 radical (unpaired) electrons. The van der Waals surface area contributed by atoms with Gasteiger partial charge in [-0.2, -0.15) is 0 Å². The smallest absolute Gasteiger partial charge is 0.308 e. The zero-order valence-corrected chi connectivity index (χ0v) is 14.8. The second kappa shape index (κ2) is 8.49. The summed E-state index contributed by atoms with van der Waals surface area (Å²) in [6.07, 6.45) is 6.15. The molecule has 0 aromatic heterocycles. The van der Waals surface area contributed by atoms with E-state index >= 15 is 0 Å². The van der Waals surface area contributed by atoms with E-state index < -0.39 is 11.9 Å². The van der Waals surface area contributed by atoms with Gasteiger partial charge in [0.15, 0.2) is 0 Å². The summed E-state index contributed by atoms with van der Waals surface area (Å²) in [6.45, 7) is 4.71. The quantitative estimate of drug-likeness (QED) is 0.803. The van der Waals surface area contributed by atoms with Crippen molar-refractivity contribution in [1.29, 1.82) is 0 Å². The van der Waals surface area contributed by atoms with Crippen molar-refractivity contribution in [2.75, 3.05) is 13.1 Å². The van der Waals surface area contributed by atoms with Crippen LogP contribution in [-0.4, -0.2) is 46.9 Å². The number of likely N-dealkylation sites (tertiary alicyclic amines) is 1. The summed E-state index contributed by atoms with van der Waals surface area (Å²) in [5.41, 5.74) is 0. The largest absolute Gasteiger partial charge is 0.481 e. The fourth-order valence-electron chi connectivity index (χ4n) is 3.90. The zero-order valence-electron chi connectivity index (χ0n) is 14.8. The van der Waals surface area contributed by atoms with Gasteiger partial charge in [-0.15, -0.1) is 0 Å². The van der Waals surface area contributed by atoms with E-state index in [0.29, 0.717) is 13.0 Å². The molecule has 2 fully saturated rings. The van der Waals surface area contributed by atoms with Crippen molar-refractivity contribution >= 4 is 17.8 Å². The zero-order chi connectivity index (χ0) is 17.7. The number of piperidine rings is 1. The summed E-state index contributed by atoms with van der Waals surface area (Å²) in [7, 11) is 0. The number of carboxylic acids is 1. The predicted octanol–water partition coefficient (Wildman–Crippen LogP) is 2.03. The van der Waals surface area contributed by atoms with Crippen LogP contribution in [0.15, 0.2) is 0 Å². The van der Waals surface area contributed by atoms with Crippen molar-refractivity contribution in [3.8, 4) is 0 Å². The molecule has 2 rings (SSSR count). The van der Waals surface area contributed by atoms with Gasteiger partial charge in [-0.05, 0) is 32.1 Å². The molecule has 3 unspecified atom stereocenters. The van der Waals surface area contributed by atoms with E-state index in [4.69, 9.17) is 0 Å². The highest BCUT2D eigenvalue weighted by atomic mass is 16.4. The molecule has 1 aliphatic heterocycles. The fourth-order valence-corrected chi connectivity index (χ4v) is 3.90. The molecule has 3 atom stereocenters. The van der Waals surface area contributed by atoms with Gasteiger partial charge in [0, 0.05) is 31.5 Å². The Balaban J connectivity index is 1.81. The Morgan fingerprint density at radius 1 is 1.12 bits per heavy atom. The average molecular weight is 338 g/mol. The van der Waals surface area contributed by atoms with Gasteiger partial charge in [0.25, 0.3) is 0 Å². The molecule has 0 bridgehead atoms. The van der Waals surface area contributed by atoms with Gasteiger partial charge >= 0.3 is 5.97 Å². The Morgan fingerprint density at radius 2 is 1.79 bits per heavy atom. The molecule has 0 spiro atoms. The number of amides is 2. The molecule has 0 aromatic rings. The molecule has 2 amide bonds. The number of nitrogens with one attached hydrogen (secondary N) is 1. The lowest BCUT2D eigenvalue weighted by molar-refractivity contribution is -0.147. The molecule has 24 heavy (non-hydrogen) atoms. The minimum atomic E-state index is -0.835. The fraction of sp³-hybridized carbons (Fsp3) is 0.833. The highest BCUT2D eigenvalue weighted by Gasteiger charge is 2.32.